The Morgan fingerprint density at radius 1 is 1.40 bits per heavy atom. The number of imidazole rings is 1. The van der Waals surface area contributed by atoms with E-state index in [0.29, 0.717) is 11.3 Å². The van der Waals surface area contributed by atoms with Crippen LogP contribution in [0, 0.1) is 0 Å². The average Bonchev–Trinajstić information content (AvgIpc) is 2.93. The average molecular weight is 273 g/mol. The molecular weight excluding hydrogens is 262 g/mol. The topological polar surface area (TPSA) is 112 Å². The number of carbonyl (C=O) groups excluding carboxylic acids is 1. The van der Waals surface area contributed by atoms with Crippen LogP contribution in [-0.4, -0.2) is 48.1 Å². The third-order valence-electron chi connectivity index (χ3n) is 3.28. The fourth-order valence-electron chi connectivity index (χ4n) is 2.25. The minimum absolute atomic E-state index is 0.188. The summed E-state index contributed by atoms with van der Waals surface area (Å²) in [6, 6.07) is 0.586. The highest BCUT2D eigenvalue weighted by Crippen LogP contribution is 2.22. The van der Waals surface area contributed by atoms with E-state index < -0.39 is 12.0 Å². The second kappa shape index (κ2) is 4.72. The van der Waals surface area contributed by atoms with Crippen LogP contribution in [0.5, 0.6) is 0 Å². The van der Waals surface area contributed by atoms with Gasteiger partial charge in [0.05, 0.1) is 42.2 Å². The first kappa shape index (κ1) is 12.3. The molecule has 0 aliphatic carbocycles. The first-order valence-electron chi connectivity index (χ1n) is 5.98. The number of fused-ring (bicyclic) bond motifs is 1. The number of amides is 1. The number of nitrogens with one attached hydrogen (secondary N) is 1. The van der Waals surface area contributed by atoms with E-state index in [0.717, 1.165) is 5.69 Å². The van der Waals surface area contributed by atoms with Gasteiger partial charge in [-0.2, -0.15) is 10.2 Å². The van der Waals surface area contributed by atoms with Gasteiger partial charge in [-0.1, -0.05) is 0 Å². The van der Waals surface area contributed by atoms with E-state index in [1.807, 2.05) is 0 Å². The predicted molar refractivity (Wildman–Crippen MR) is 65.6 cm³/mol. The maximum atomic E-state index is 12.4. The second-order valence-corrected chi connectivity index (χ2v) is 4.45. The lowest BCUT2D eigenvalue weighted by Crippen LogP contribution is -2.48. The molecule has 1 aliphatic rings. The minimum atomic E-state index is -1.05. The molecule has 0 fully saturated rings. The number of nitrogens with zero attached hydrogens (tertiary/aromatic N) is 4. The van der Waals surface area contributed by atoms with Crippen molar-refractivity contribution in [2.75, 3.05) is 0 Å². The quantitative estimate of drug-likeness (QED) is 0.787. The lowest BCUT2D eigenvalue weighted by Gasteiger charge is -2.32. The molecule has 1 atom stereocenters. The smallest absolute Gasteiger partial charge is 0.326 e. The van der Waals surface area contributed by atoms with Crippen LogP contribution in [-0.2, 0) is 17.8 Å². The molecule has 0 bridgehead atoms. The van der Waals surface area contributed by atoms with Crippen LogP contribution in [0.3, 0.4) is 0 Å². The minimum Gasteiger partial charge on any atom is -0.480 e. The summed E-state index contributed by atoms with van der Waals surface area (Å²) in [6.45, 7) is 0.188. The van der Waals surface area contributed by atoms with Gasteiger partial charge in [0.15, 0.2) is 0 Å². The standard InChI is InChI=1S/C12H11N5O3/c18-11(7-1-2-15-16-4-7)17-5-9-8(13-6-14-9)3-10(17)12(19)20/h1-2,4,6,10H,3,5H2,(H,13,14)(H,19,20). The van der Waals surface area contributed by atoms with Gasteiger partial charge >= 0.3 is 5.97 Å². The van der Waals surface area contributed by atoms with E-state index >= 15 is 0 Å². The van der Waals surface area contributed by atoms with Gasteiger partial charge in [-0.05, 0) is 6.07 Å². The lowest BCUT2D eigenvalue weighted by atomic mass is 10.0. The van der Waals surface area contributed by atoms with Gasteiger partial charge < -0.3 is 15.0 Å². The summed E-state index contributed by atoms with van der Waals surface area (Å²) in [5.74, 6) is -1.43. The van der Waals surface area contributed by atoms with E-state index in [1.54, 1.807) is 0 Å². The molecule has 102 valence electrons. The molecule has 2 aromatic heterocycles. The Balaban J connectivity index is 1.95. The molecule has 20 heavy (non-hydrogen) atoms. The largest absolute Gasteiger partial charge is 0.480 e. The van der Waals surface area contributed by atoms with Gasteiger partial charge in [0, 0.05) is 6.42 Å². The Morgan fingerprint density at radius 2 is 2.25 bits per heavy atom. The van der Waals surface area contributed by atoms with Crippen LogP contribution in [0.1, 0.15) is 21.7 Å². The van der Waals surface area contributed by atoms with E-state index in [2.05, 4.69) is 20.2 Å². The van der Waals surface area contributed by atoms with Crippen LogP contribution in [0.25, 0.3) is 0 Å². The first-order chi connectivity index (χ1) is 9.66. The zero-order chi connectivity index (χ0) is 14.1. The number of aliphatic carboxylic acids is 1. The highest BCUT2D eigenvalue weighted by atomic mass is 16.4. The molecule has 2 N–H and O–H groups in total. The van der Waals surface area contributed by atoms with Gasteiger partial charge in [-0.15, -0.1) is 0 Å². The van der Waals surface area contributed by atoms with Crippen molar-refractivity contribution in [3.63, 3.8) is 0 Å². The summed E-state index contributed by atoms with van der Waals surface area (Å²) >= 11 is 0. The molecule has 1 aliphatic heterocycles. The zero-order valence-electron chi connectivity index (χ0n) is 10.4. The number of rotatable bonds is 2. The molecule has 1 amide bonds. The van der Waals surface area contributed by atoms with Gasteiger partial charge in [-0.3, -0.25) is 4.79 Å². The monoisotopic (exact) mass is 273 g/mol. The molecule has 1 unspecified atom stereocenters. The van der Waals surface area contributed by atoms with Crippen molar-refractivity contribution >= 4 is 11.9 Å². The van der Waals surface area contributed by atoms with Gasteiger partial charge in [-0.25, -0.2) is 9.78 Å². The van der Waals surface area contributed by atoms with Gasteiger partial charge in [0.2, 0.25) is 0 Å². The molecule has 8 heteroatoms. The zero-order valence-corrected chi connectivity index (χ0v) is 10.4. The molecule has 2 aromatic rings. The molecule has 0 aromatic carbocycles. The van der Waals surface area contributed by atoms with Crippen molar-refractivity contribution < 1.29 is 14.7 Å². The predicted octanol–water partition coefficient (Wildman–Crippen LogP) is -0.149. The summed E-state index contributed by atoms with van der Waals surface area (Å²) in [4.78, 5) is 32.1. The molecule has 0 spiro atoms. The Morgan fingerprint density at radius 3 is 2.95 bits per heavy atom. The van der Waals surface area contributed by atoms with Crippen molar-refractivity contribution in [2.24, 2.45) is 0 Å². The first-order valence-corrected chi connectivity index (χ1v) is 5.98. The molecule has 8 nitrogen and oxygen atoms in total. The maximum Gasteiger partial charge on any atom is 0.326 e. The van der Waals surface area contributed by atoms with Crippen LogP contribution < -0.4 is 0 Å². The van der Waals surface area contributed by atoms with Crippen molar-refractivity contribution in [1.82, 2.24) is 25.1 Å². The van der Waals surface area contributed by atoms with Crippen LogP contribution in [0.2, 0.25) is 0 Å². The normalized spacial score (nSPS) is 17.6. The highest BCUT2D eigenvalue weighted by molar-refractivity contribution is 5.96. The SMILES string of the molecule is O=C(O)C1Cc2nc[nH]c2CN1C(=O)c1ccnnc1. The Kier molecular flexibility index (Phi) is 2.90. The van der Waals surface area contributed by atoms with Crippen molar-refractivity contribution in [3.05, 3.63) is 41.7 Å². The highest BCUT2D eigenvalue weighted by Gasteiger charge is 2.36. The Bertz CT molecular complexity index is 654. The number of carbonyl (C=O) groups is 2. The summed E-state index contributed by atoms with van der Waals surface area (Å²) < 4.78 is 0. The van der Waals surface area contributed by atoms with E-state index in [1.165, 1.54) is 29.7 Å². The Labute approximate surface area is 113 Å². The molecular formula is C12H11N5O3. The maximum absolute atomic E-state index is 12.4. The second-order valence-electron chi connectivity index (χ2n) is 4.45. The number of aromatic amines is 1. The van der Waals surface area contributed by atoms with Crippen LogP contribution >= 0.6 is 0 Å². The van der Waals surface area contributed by atoms with Gasteiger partial charge in [0.25, 0.3) is 5.91 Å². The number of hydrogen-bond acceptors (Lipinski definition) is 5. The van der Waals surface area contributed by atoms with E-state index in [9.17, 15) is 14.7 Å². The van der Waals surface area contributed by atoms with Gasteiger partial charge in [0.1, 0.15) is 6.04 Å². The van der Waals surface area contributed by atoms with Crippen molar-refractivity contribution in [2.45, 2.75) is 19.0 Å². The number of aromatic nitrogens is 4. The molecule has 0 radical (unpaired) electrons. The van der Waals surface area contributed by atoms with Crippen LogP contribution in [0.4, 0.5) is 0 Å². The fraction of sp³-hybridized carbons (Fsp3) is 0.250. The van der Waals surface area contributed by atoms with E-state index in [4.69, 9.17) is 0 Å². The summed E-state index contributed by atoms with van der Waals surface area (Å²) in [5, 5.41) is 16.5. The summed E-state index contributed by atoms with van der Waals surface area (Å²) in [6.07, 6.45) is 4.42. The van der Waals surface area contributed by atoms with Crippen molar-refractivity contribution in [1.29, 1.82) is 0 Å². The molecule has 0 saturated heterocycles. The number of hydrogen-bond donors (Lipinski definition) is 2. The summed E-state index contributed by atoms with van der Waals surface area (Å²) in [7, 11) is 0. The third kappa shape index (κ3) is 2.00. The molecule has 3 heterocycles. The third-order valence-corrected chi connectivity index (χ3v) is 3.28. The molecule has 3 rings (SSSR count). The van der Waals surface area contributed by atoms with E-state index in [-0.39, 0.29) is 18.9 Å². The lowest BCUT2D eigenvalue weighted by molar-refractivity contribution is -0.142. The van der Waals surface area contributed by atoms with Crippen molar-refractivity contribution in [3.8, 4) is 0 Å². The molecule has 0 saturated carbocycles. The number of H-pyrrole nitrogens is 1. The number of carboxylic acid groups (broad SMARTS) is 1. The summed E-state index contributed by atoms with van der Waals surface area (Å²) in [5.41, 5.74) is 1.77. The fourth-order valence-corrected chi connectivity index (χ4v) is 2.25. The Hall–Kier alpha value is -2.77. The number of carboxylic acids is 1. The van der Waals surface area contributed by atoms with Crippen LogP contribution in [0.15, 0.2) is 24.8 Å².